The van der Waals surface area contributed by atoms with Gasteiger partial charge in [0.2, 0.25) is 0 Å². The van der Waals surface area contributed by atoms with Crippen molar-refractivity contribution in [1.82, 2.24) is 4.98 Å². The molecule has 3 fully saturated rings. The molecule has 2 aliphatic heterocycles. The number of ether oxygens (including phenoxy) is 1. The number of thiazole rings is 1. The Kier molecular flexibility index (Phi) is 3.90. The van der Waals surface area contributed by atoms with Crippen LogP contribution in [0.2, 0.25) is 10.0 Å². The van der Waals surface area contributed by atoms with Gasteiger partial charge >= 0.3 is 11.9 Å². The minimum atomic E-state index is -0.352. The van der Waals surface area contributed by atoms with Gasteiger partial charge in [-0.1, -0.05) is 35.3 Å². The number of fused-ring (bicyclic) bond motifs is 9. The number of benzene rings is 1. The lowest BCUT2D eigenvalue weighted by molar-refractivity contribution is -0.154. The molecule has 2 bridgehead atoms. The van der Waals surface area contributed by atoms with E-state index < -0.39 is 0 Å². The number of H-pyrrole nitrogens is 1. The minimum absolute atomic E-state index is 0.00449. The fourth-order valence-corrected chi connectivity index (χ4v) is 9.67. The smallest absolute Gasteiger partial charge is 0.317 e. The highest BCUT2D eigenvalue weighted by atomic mass is 35.5. The van der Waals surface area contributed by atoms with E-state index in [9.17, 15) is 9.59 Å². The number of thioether (sulfide) groups is 1. The molecule has 7 atom stereocenters. The van der Waals surface area contributed by atoms with Crippen molar-refractivity contribution in [2.45, 2.75) is 22.6 Å². The van der Waals surface area contributed by atoms with E-state index in [0.29, 0.717) is 10.0 Å². The normalized spacial score (nSPS) is 37.6. The molecule has 2 aliphatic carbocycles. The quantitative estimate of drug-likeness (QED) is 0.348. The highest BCUT2D eigenvalue weighted by Gasteiger charge is 2.69. The third-order valence-corrected chi connectivity index (χ3v) is 10.5. The first-order chi connectivity index (χ1) is 13.5. The van der Waals surface area contributed by atoms with Crippen LogP contribution >= 0.6 is 58.5 Å². The molecule has 6 rings (SSSR count). The van der Waals surface area contributed by atoms with Crippen molar-refractivity contribution in [2.75, 3.05) is 0 Å². The summed E-state index contributed by atoms with van der Waals surface area (Å²) >= 11 is 21.7. The van der Waals surface area contributed by atoms with Crippen LogP contribution in [0.1, 0.15) is 22.8 Å². The van der Waals surface area contributed by atoms with Crippen molar-refractivity contribution in [1.29, 1.82) is 0 Å². The summed E-state index contributed by atoms with van der Waals surface area (Å²) < 4.78 is 5.75. The Morgan fingerprint density at radius 3 is 2.68 bits per heavy atom. The number of hydrogen-bond acceptors (Lipinski definition) is 6. The Morgan fingerprint density at radius 1 is 1.14 bits per heavy atom. The number of hydrogen-bond donors (Lipinski definition) is 1. The summed E-state index contributed by atoms with van der Waals surface area (Å²) in [7, 11) is 0. The predicted octanol–water partition coefficient (Wildman–Crippen LogP) is 5.30. The second-order valence-corrected chi connectivity index (χ2v) is 11.5. The fourth-order valence-electron chi connectivity index (χ4n) is 5.92. The molecule has 144 valence electrons. The largest absolute Gasteiger partial charge is 0.393 e. The Hall–Kier alpha value is -0.860. The number of carbonyl (C=O) groups excluding carboxylic acids is 2. The molecule has 9 heteroatoms. The van der Waals surface area contributed by atoms with Gasteiger partial charge in [0.15, 0.2) is 3.95 Å². The van der Waals surface area contributed by atoms with Crippen molar-refractivity contribution in [3.63, 3.8) is 0 Å². The molecule has 1 aromatic carbocycles. The second kappa shape index (κ2) is 6.08. The van der Waals surface area contributed by atoms with Gasteiger partial charge in [-0.2, -0.15) is 0 Å². The standard InChI is InChI=1S/C19H13Cl2NO3S3/c20-8-3-1-2-5(13(8)21)9-10-6-4-7(12-11(6)17(23)25-18(12)24)14(10)27-16-15(9)28-19(26)22-16/h1-3,6-7,9-12,14H,4H2,(H,22,26). The topological polar surface area (TPSA) is 59.2 Å². The van der Waals surface area contributed by atoms with E-state index in [1.165, 1.54) is 0 Å². The summed E-state index contributed by atoms with van der Waals surface area (Å²) in [6.07, 6.45) is 0.878. The number of halogens is 2. The van der Waals surface area contributed by atoms with Gasteiger partial charge in [-0.25, -0.2) is 0 Å². The zero-order valence-corrected chi connectivity index (χ0v) is 18.1. The number of aromatic amines is 1. The average Bonchev–Trinajstić information content (AvgIpc) is 3.37. The maximum atomic E-state index is 12.4. The van der Waals surface area contributed by atoms with Gasteiger partial charge in [-0.3, -0.25) is 9.59 Å². The molecule has 28 heavy (non-hydrogen) atoms. The highest BCUT2D eigenvalue weighted by Crippen LogP contribution is 2.68. The Morgan fingerprint density at radius 2 is 1.89 bits per heavy atom. The molecule has 3 heterocycles. The Balaban J connectivity index is 1.55. The van der Waals surface area contributed by atoms with Gasteiger partial charge in [-0.15, -0.1) is 23.1 Å². The van der Waals surface area contributed by atoms with E-state index in [4.69, 9.17) is 40.2 Å². The van der Waals surface area contributed by atoms with Crippen LogP contribution in [-0.4, -0.2) is 22.2 Å². The molecule has 0 spiro atoms. The lowest BCUT2D eigenvalue weighted by Gasteiger charge is -2.42. The molecule has 1 saturated heterocycles. The molecule has 0 amide bonds. The Labute approximate surface area is 183 Å². The van der Waals surface area contributed by atoms with E-state index in [-0.39, 0.29) is 52.7 Å². The summed E-state index contributed by atoms with van der Waals surface area (Å²) in [6.45, 7) is 0. The van der Waals surface area contributed by atoms with Crippen LogP contribution in [0.15, 0.2) is 23.2 Å². The molecule has 0 radical (unpaired) electrons. The number of rotatable bonds is 1. The van der Waals surface area contributed by atoms with E-state index in [1.807, 2.05) is 12.1 Å². The third kappa shape index (κ3) is 2.23. The molecule has 1 N–H and O–H groups in total. The summed E-state index contributed by atoms with van der Waals surface area (Å²) in [4.78, 5) is 29.2. The third-order valence-electron chi connectivity index (χ3n) is 6.77. The lowest BCUT2D eigenvalue weighted by atomic mass is 9.68. The average molecular weight is 470 g/mol. The van der Waals surface area contributed by atoms with Crippen molar-refractivity contribution < 1.29 is 14.3 Å². The first-order valence-corrected chi connectivity index (χ1v) is 11.9. The zero-order chi connectivity index (χ0) is 19.3. The number of cyclic esters (lactones) is 2. The van der Waals surface area contributed by atoms with Gasteiger partial charge in [0.05, 0.1) is 26.9 Å². The van der Waals surface area contributed by atoms with Gasteiger partial charge in [0.1, 0.15) is 0 Å². The summed E-state index contributed by atoms with van der Waals surface area (Å²) in [5.74, 6) is -0.880. The summed E-state index contributed by atoms with van der Waals surface area (Å²) in [6, 6.07) is 5.71. The first kappa shape index (κ1) is 18.0. The number of carbonyl (C=O) groups is 2. The highest BCUT2D eigenvalue weighted by molar-refractivity contribution is 8.00. The molecule has 4 aliphatic rings. The molecule has 1 aromatic heterocycles. The SMILES string of the molecule is O=C1OC(=O)C2C3CC(C4Sc5[nH]c(=S)sc5C(c5cccc(Cl)c5Cl)C34)C12. The van der Waals surface area contributed by atoms with Crippen LogP contribution in [-0.2, 0) is 14.3 Å². The monoisotopic (exact) mass is 469 g/mol. The second-order valence-electron chi connectivity index (χ2n) is 7.84. The molecule has 2 saturated carbocycles. The number of nitrogens with one attached hydrogen (secondary N) is 1. The van der Waals surface area contributed by atoms with E-state index >= 15 is 0 Å². The maximum Gasteiger partial charge on any atom is 0.317 e. The predicted molar refractivity (Wildman–Crippen MR) is 111 cm³/mol. The molecule has 2 aromatic rings. The van der Waals surface area contributed by atoms with Crippen LogP contribution in [0.5, 0.6) is 0 Å². The van der Waals surface area contributed by atoms with Crippen LogP contribution in [0.4, 0.5) is 0 Å². The summed E-state index contributed by atoms with van der Waals surface area (Å²) in [5, 5.41) is 2.34. The van der Waals surface area contributed by atoms with Crippen molar-refractivity contribution in [3.05, 3.63) is 42.6 Å². The van der Waals surface area contributed by atoms with Gasteiger partial charge < -0.3 is 9.72 Å². The van der Waals surface area contributed by atoms with E-state index in [0.717, 1.165) is 25.8 Å². The Bertz CT molecular complexity index is 1110. The molecular weight excluding hydrogens is 457 g/mol. The van der Waals surface area contributed by atoms with Gasteiger partial charge in [0, 0.05) is 16.0 Å². The maximum absolute atomic E-state index is 12.4. The van der Waals surface area contributed by atoms with Gasteiger partial charge in [0.25, 0.3) is 0 Å². The minimum Gasteiger partial charge on any atom is -0.393 e. The number of aromatic nitrogens is 1. The van der Waals surface area contributed by atoms with Crippen molar-refractivity contribution in [2.24, 2.45) is 29.6 Å². The van der Waals surface area contributed by atoms with E-state index in [2.05, 4.69) is 4.98 Å². The van der Waals surface area contributed by atoms with Gasteiger partial charge in [-0.05, 0) is 48.0 Å². The number of esters is 2. The van der Waals surface area contributed by atoms with Crippen molar-refractivity contribution in [3.8, 4) is 0 Å². The van der Waals surface area contributed by atoms with Crippen LogP contribution in [0.25, 0.3) is 0 Å². The van der Waals surface area contributed by atoms with Crippen LogP contribution in [0, 0.1) is 33.5 Å². The molecular formula is C19H13Cl2NO3S3. The first-order valence-electron chi connectivity index (χ1n) is 9.05. The lowest BCUT2D eigenvalue weighted by Crippen LogP contribution is -2.42. The van der Waals surface area contributed by atoms with Crippen molar-refractivity contribution >= 4 is 70.5 Å². The fraction of sp³-hybridized carbons (Fsp3) is 0.421. The van der Waals surface area contributed by atoms with Crippen LogP contribution < -0.4 is 0 Å². The summed E-state index contributed by atoms with van der Waals surface area (Å²) in [5.41, 5.74) is 0.970. The molecule has 7 unspecified atom stereocenters. The zero-order valence-electron chi connectivity index (χ0n) is 14.2. The molecule has 4 nitrogen and oxygen atoms in total. The van der Waals surface area contributed by atoms with Crippen LogP contribution in [0.3, 0.4) is 0 Å². The van der Waals surface area contributed by atoms with E-state index in [1.54, 1.807) is 29.2 Å².